The molecule has 2 aliphatic heterocycles. The molecule has 1 aromatic rings. The Labute approximate surface area is 196 Å². The minimum Gasteiger partial charge on any atom is -0.351 e. The number of hydrogen-bond acceptors (Lipinski definition) is 5. The van der Waals surface area contributed by atoms with Gasteiger partial charge >= 0.3 is 6.03 Å². The van der Waals surface area contributed by atoms with Gasteiger partial charge in [-0.1, -0.05) is 18.2 Å². The third-order valence-electron chi connectivity index (χ3n) is 7.00. The van der Waals surface area contributed by atoms with E-state index in [4.69, 9.17) is 5.73 Å². The van der Waals surface area contributed by atoms with Gasteiger partial charge in [-0.3, -0.25) is 9.59 Å². The summed E-state index contributed by atoms with van der Waals surface area (Å²) in [6, 6.07) is 10.3. The number of alkyl halides is 2. The molecular weight excluding hydrogens is 446 g/mol. The number of hydrogen-bond donors (Lipinski definition) is 3. The number of likely N-dealkylation sites (tertiary alicyclic amines) is 1. The molecule has 2 atom stereocenters. The number of nitrogens with one attached hydrogen (secondary N) is 2. The number of para-hydroxylation sites is 1. The maximum absolute atomic E-state index is 14.3. The van der Waals surface area contributed by atoms with Crippen LogP contribution in [0.25, 0.3) is 0 Å². The summed E-state index contributed by atoms with van der Waals surface area (Å²) in [5.74, 6) is -5.59. The van der Waals surface area contributed by atoms with Crippen LogP contribution in [0.4, 0.5) is 19.3 Å². The van der Waals surface area contributed by atoms with Crippen LogP contribution in [-0.4, -0.2) is 59.0 Å². The minimum atomic E-state index is -3.19. The minimum absolute atomic E-state index is 0.219. The number of urea groups is 1. The van der Waals surface area contributed by atoms with Crippen LogP contribution in [-0.2, 0) is 9.59 Å². The Kier molecular flexibility index (Phi) is 5.87. The van der Waals surface area contributed by atoms with Gasteiger partial charge in [0.2, 0.25) is 17.7 Å². The van der Waals surface area contributed by atoms with Gasteiger partial charge in [-0.25, -0.2) is 13.6 Å². The van der Waals surface area contributed by atoms with Crippen LogP contribution in [0.15, 0.2) is 30.3 Å². The first-order valence-corrected chi connectivity index (χ1v) is 11.3. The molecule has 1 aromatic carbocycles. The predicted molar refractivity (Wildman–Crippen MR) is 118 cm³/mol. The van der Waals surface area contributed by atoms with E-state index in [9.17, 15) is 28.4 Å². The van der Waals surface area contributed by atoms with Gasteiger partial charge in [0.25, 0.3) is 0 Å². The molecule has 9 nitrogen and oxygen atoms in total. The standard InChI is InChI=1S/C23H28F2N6O3/c1-21(24,25)13-16(18(32)29-22(14-26)7-8-22)17-28-19(33)23(9-11-30(12-10-23)20(27)34)31(17)15-5-3-2-4-6-15/h2-6,16-17H,7-13H2,1H3,(H2,27,34)(H,28,33)(H,29,32)/t16-,17?/m0/s1. The fourth-order valence-corrected chi connectivity index (χ4v) is 5.00. The molecule has 0 aromatic heterocycles. The van der Waals surface area contributed by atoms with Crippen molar-refractivity contribution in [3.63, 3.8) is 0 Å². The molecule has 1 unspecified atom stereocenters. The van der Waals surface area contributed by atoms with Gasteiger partial charge in [-0.2, -0.15) is 5.26 Å². The second-order valence-electron chi connectivity index (χ2n) is 9.54. The number of nitrogens with zero attached hydrogens (tertiary/aromatic N) is 3. The lowest BCUT2D eigenvalue weighted by molar-refractivity contribution is -0.130. The molecule has 2 heterocycles. The maximum atomic E-state index is 14.3. The highest BCUT2D eigenvalue weighted by Gasteiger charge is 2.58. The summed E-state index contributed by atoms with van der Waals surface area (Å²) < 4.78 is 28.6. The second-order valence-corrected chi connectivity index (χ2v) is 9.54. The Balaban J connectivity index is 1.73. The van der Waals surface area contributed by atoms with E-state index in [1.807, 2.05) is 6.07 Å². The molecule has 0 radical (unpaired) electrons. The zero-order valence-electron chi connectivity index (χ0n) is 18.9. The number of benzene rings is 1. The number of nitrogens with two attached hydrogens (primary N) is 1. The predicted octanol–water partition coefficient (Wildman–Crippen LogP) is 1.70. The zero-order chi connectivity index (χ0) is 24.7. The summed E-state index contributed by atoms with van der Waals surface area (Å²) in [6.45, 7) is 1.17. The highest BCUT2D eigenvalue weighted by atomic mass is 19.3. The molecular formula is C23H28F2N6O3. The van der Waals surface area contributed by atoms with Gasteiger partial charge in [0.05, 0.1) is 12.0 Å². The Hall–Kier alpha value is -3.42. The molecule has 3 fully saturated rings. The summed E-state index contributed by atoms with van der Waals surface area (Å²) in [6.07, 6.45) is -0.500. The summed E-state index contributed by atoms with van der Waals surface area (Å²) in [5.41, 5.74) is 3.83. The van der Waals surface area contributed by atoms with Crippen molar-refractivity contribution in [2.75, 3.05) is 18.0 Å². The van der Waals surface area contributed by atoms with Gasteiger partial charge in [-0.05, 0) is 44.7 Å². The van der Waals surface area contributed by atoms with Crippen molar-refractivity contribution in [3.05, 3.63) is 30.3 Å². The van der Waals surface area contributed by atoms with E-state index in [-0.39, 0.29) is 31.8 Å². The van der Waals surface area contributed by atoms with E-state index in [1.165, 1.54) is 4.90 Å². The normalized spacial score (nSPS) is 23.7. The molecule has 4 amide bonds. The van der Waals surface area contributed by atoms with Gasteiger partial charge in [0.15, 0.2) is 0 Å². The number of anilines is 1. The van der Waals surface area contributed by atoms with E-state index >= 15 is 0 Å². The van der Waals surface area contributed by atoms with Crippen molar-refractivity contribution in [2.24, 2.45) is 11.7 Å². The monoisotopic (exact) mass is 474 g/mol. The average molecular weight is 475 g/mol. The van der Waals surface area contributed by atoms with Crippen LogP contribution in [0.1, 0.15) is 39.0 Å². The number of primary amides is 1. The zero-order valence-corrected chi connectivity index (χ0v) is 18.9. The summed E-state index contributed by atoms with van der Waals surface area (Å²) in [7, 11) is 0. The first-order chi connectivity index (χ1) is 16.0. The molecule has 34 heavy (non-hydrogen) atoms. The third kappa shape index (κ3) is 4.36. The molecule has 4 N–H and O–H groups in total. The molecule has 4 rings (SSSR count). The lowest BCUT2D eigenvalue weighted by atomic mass is 9.84. The Morgan fingerprint density at radius 3 is 2.38 bits per heavy atom. The number of halogens is 2. The van der Waals surface area contributed by atoms with Crippen molar-refractivity contribution >= 4 is 23.5 Å². The Morgan fingerprint density at radius 1 is 1.26 bits per heavy atom. The van der Waals surface area contributed by atoms with Gasteiger partial charge < -0.3 is 26.2 Å². The number of rotatable bonds is 6. The van der Waals surface area contributed by atoms with Crippen LogP contribution >= 0.6 is 0 Å². The van der Waals surface area contributed by atoms with Crippen molar-refractivity contribution in [1.29, 1.82) is 5.26 Å². The molecule has 2 saturated heterocycles. The molecule has 11 heteroatoms. The van der Waals surface area contributed by atoms with Crippen molar-refractivity contribution in [3.8, 4) is 6.07 Å². The van der Waals surface area contributed by atoms with Gasteiger partial charge in [0, 0.05) is 25.2 Å². The first kappa shape index (κ1) is 23.7. The second kappa shape index (κ2) is 8.42. The number of nitriles is 1. The van der Waals surface area contributed by atoms with Gasteiger partial charge in [0.1, 0.15) is 17.2 Å². The lowest BCUT2D eigenvalue weighted by Crippen LogP contribution is -2.60. The Bertz CT molecular complexity index is 1010. The van der Waals surface area contributed by atoms with Crippen LogP contribution < -0.4 is 21.3 Å². The molecule has 3 aliphatic rings. The fourth-order valence-electron chi connectivity index (χ4n) is 5.00. The third-order valence-corrected chi connectivity index (χ3v) is 7.00. The quantitative estimate of drug-likeness (QED) is 0.578. The van der Waals surface area contributed by atoms with E-state index in [0.717, 1.165) is 6.92 Å². The van der Waals surface area contributed by atoms with Crippen LogP contribution in [0.5, 0.6) is 0 Å². The van der Waals surface area contributed by atoms with Crippen molar-refractivity contribution in [2.45, 2.75) is 62.2 Å². The van der Waals surface area contributed by atoms with Crippen LogP contribution in [0.2, 0.25) is 0 Å². The highest BCUT2D eigenvalue weighted by Crippen LogP contribution is 2.43. The van der Waals surface area contributed by atoms with Crippen molar-refractivity contribution in [1.82, 2.24) is 15.5 Å². The summed E-state index contributed by atoms with van der Waals surface area (Å²) in [5, 5.41) is 14.8. The summed E-state index contributed by atoms with van der Waals surface area (Å²) >= 11 is 0. The number of carbonyl (C=O) groups is 3. The maximum Gasteiger partial charge on any atom is 0.314 e. The van der Waals surface area contributed by atoms with E-state index in [0.29, 0.717) is 18.5 Å². The SMILES string of the molecule is CC(F)(F)C[C@H](C(=O)NC1(C#N)CC1)C1NC(=O)C2(CCN(C(N)=O)CC2)N1c1ccccc1. The molecule has 1 saturated carbocycles. The van der Waals surface area contributed by atoms with Crippen LogP contribution in [0.3, 0.4) is 0 Å². The lowest BCUT2D eigenvalue weighted by Gasteiger charge is -2.45. The highest BCUT2D eigenvalue weighted by molar-refractivity contribution is 5.96. The number of piperidine rings is 1. The molecule has 182 valence electrons. The average Bonchev–Trinajstić information content (AvgIpc) is 3.51. The Morgan fingerprint density at radius 2 is 1.88 bits per heavy atom. The molecule has 1 aliphatic carbocycles. The van der Waals surface area contributed by atoms with E-state index in [1.54, 1.807) is 35.2 Å². The van der Waals surface area contributed by atoms with E-state index in [2.05, 4.69) is 10.6 Å². The van der Waals surface area contributed by atoms with E-state index < -0.39 is 47.4 Å². The topological polar surface area (TPSA) is 132 Å². The number of carbonyl (C=O) groups excluding carboxylic acids is 3. The van der Waals surface area contributed by atoms with Crippen molar-refractivity contribution < 1.29 is 23.2 Å². The summed E-state index contributed by atoms with van der Waals surface area (Å²) in [4.78, 5) is 41.5. The smallest absolute Gasteiger partial charge is 0.314 e. The molecule has 1 spiro atoms. The van der Waals surface area contributed by atoms with Gasteiger partial charge in [-0.15, -0.1) is 0 Å². The largest absolute Gasteiger partial charge is 0.351 e. The fraction of sp³-hybridized carbons (Fsp3) is 0.565. The number of amides is 4. The first-order valence-electron chi connectivity index (χ1n) is 11.3. The van der Waals surface area contributed by atoms with Crippen LogP contribution in [0, 0.1) is 17.2 Å². The molecule has 0 bridgehead atoms.